The van der Waals surface area contributed by atoms with Crippen LogP contribution in [0.25, 0.3) is 0 Å². The highest BCUT2D eigenvalue weighted by Gasteiger charge is 2.31. The van der Waals surface area contributed by atoms with Crippen molar-refractivity contribution in [3.63, 3.8) is 0 Å². The van der Waals surface area contributed by atoms with Crippen molar-refractivity contribution in [1.29, 1.82) is 5.26 Å². The fourth-order valence-electron chi connectivity index (χ4n) is 1.39. The van der Waals surface area contributed by atoms with Gasteiger partial charge in [-0.1, -0.05) is 6.07 Å². The molecule has 1 atom stereocenters. The summed E-state index contributed by atoms with van der Waals surface area (Å²) in [5, 5.41) is 11.1. The van der Waals surface area contributed by atoms with Crippen molar-refractivity contribution < 1.29 is 27.7 Å². The van der Waals surface area contributed by atoms with E-state index in [-0.39, 0.29) is 18.8 Å². The molecule has 1 unspecified atom stereocenters. The highest BCUT2D eigenvalue weighted by atomic mass is 19.4. The number of benzene rings is 1. The van der Waals surface area contributed by atoms with Gasteiger partial charge in [0.15, 0.2) is 0 Å². The van der Waals surface area contributed by atoms with Crippen LogP contribution in [-0.4, -0.2) is 25.2 Å². The lowest BCUT2D eigenvalue weighted by atomic mass is 10.1. The molecule has 114 valence electrons. The van der Waals surface area contributed by atoms with E-state index >= 15 is 0 Å². The molecular weight excluding hydrogens is 289 g/mol. The molecule has 21 heavy (non-hydrogen) atoms. The highest BCUT2D eigenvalue weighted by Crippen LogP contribution is 2.29. The van der Waals surface area contributed by atoms with Crippen molar-refractivity contribution in [1.82, 2.24) is 5.32 Å². The van der Waals surface area contributed by atoms with Gasteiger partial charge in [-0.15, -0.1) is 0 Å². The number of nitrogens with one attached hydrogen (secondary N) is 1. The first kappa shape index (κ1) is 16.9. The highest BCUT2D eigenvalue weighted by molar-refractivity contribution is 5.94. The number of hydrogen-bond acceptors (Lipinski definition) is 4. The summed E-state index contributed by atoms with van der Waals surface area (Å²) in [6, 6.07) is 4.64. The number of alkyl halides is 3. The Morgan fingerprint density at radius 2 is 2.14 bits per heavy atom. The van der Waals surface area contributed by atoms with Gasteiger partial charge in [0.25, 0.3) is 5.91 Å². The van der Waals surface area contributed by atoms with E-state index in [1.807, 2.05) is 0 Å². The summed E-state index contributed by atoms with van der Waals surface area (Å²) in [5.41, 5.74) is -1.13. The van der Waals surface area contributed by atoms with Crippen LogP contribution < -0.4 is 5.32 Å². The molecule has 1 N–H and O–H groups in total. The van der Waals surface area contributed by atoms with E-state index < -0.39 is 23.7 Å². The fraction of sp³-hybridized carbons (Fsp3) is 0.385. The quantitative estimate of drug-likeness (QED) is 0.497. The van der Waals surface area contributed by atoms with Crippen LogP contribution in [0.15, 0.2) is 24.3 Å². The Morgan fingerprint density at radius 3 is 2.71 bits per heavy atom. The van der Waals surface area contributed by atoms with Crippen LogP contribution >= 0.6 is 0 Å². The van der Waals surface area contributed by atoms with Crippen molar-refractivity contribution in [3.8, 4) is 6.07 Å². The molecule has 0 heterocycles. The Labute approximate surface area is 119 Å². The second-order valence-electron chi connectivity index (χ2n) is 3.92. The molecule has 0 aliphatic heterocycles. The fourth-order valence-corrected chi connectivity index (χ4v) is 1.39. The minimum atomic E-state index is -4.54. The van der Waals surface area contributed by atoms with E-state index in [1.54, 1.807) is 13.0 Å². The summed E-state index contributed by atoms with van der Waals surface area (Å²) in [4.78, 5) is 21.0. The molecule has 0 fully saturated rings. The minimum Gasteiger partial charge on any atom is -0.334 e. The van der Waals surface area contributed by atoms with Crippen molar-refractivity contribution in [3.05, 3.63) is 35.4 Å². The summed E-state index contributed by atoms with van der Waals surface area (Å²) in [5.74, 6) is -0.798. The van der Waals surface area contributed by atoms with Crippen LogP contribution in [0.5, 0.6) is 0 Å². The van der Waals surface area contributed by atoms with Gasteiger partial charge in [0.1, 0.15) is 12.6 Å². The number of rotatable bonds is 6. The number of nitriles is 1. The van der Waals surface area contributed by atoms with Gasteiger partial charge < -0.3 is 5.32 Å². The first-order valence-electron chi connectivity index (χ1n) is 6.00. The molecule has 8 heteroatoms. The summed E-state index contributed by atoms with van der Waals surface area (Å²) in [6.07, 6.45) is -4.54. The smallest absolute Gasteiger partial charge is 0.334 e. The van der Waals surface area contributed by atoms with Gasteiger partial charge >= 0.3 is 6.18 Å². The Balaban J connectivity index is 2.73. The maximum absolute atomic E-state index is 12.5. The molecule has 5 nitrogen and oxygen atoms in total. The number of nitrogens with zero attached hydrogens (tertiary/aromatic N) is 1. The Kier molecular flexibility index (Phi) is 6.14. The molecule has 0 radical (unpaired) electrons. The monoisotopic (exact) mass is 302 g/mol. The van der Waals surface area contributed by atoms with Crippen LogP contribution in [0, 0.1) is 11.3 Å². The third-order valence-corrected chi connectivity index (χ3v) is 2.35. The average molecular weight is 302 g/mol. The van der Waals surface area contributed by atoms with Crippen molar-refractivity contribution >= 4 is 5.91 Å². The predicted molar refractivity (Wildman–Crippen MR) is 65.9 cm³/mol. The Morgan fingerprint density at radius 1 is 1.43 bits per heavy atom. The largest absolute Gasteiger partial charge is 0.416 e. The topological polar surface area (TPSA) is 71.3 Å². The summed E-state index contributed by atoms with van der Waals surface area (Å²) >= 11 is 0. The average Bonchev–Trinajstić information content (AvgIpc) is 2.45. The van der Waals surface area contributed by atoms with E-state index in [0.29, 0.717) is 6.07 Å². The van der Waals surface area contributed by atoms with Gasteiger partial charge in [-0.05, 0) is 25.1 Å². The standard InChI is InChI=1S/C13H13F3N2O3/c1-2-20-21-8-11(7-17)18-12(19)9-4-3-5-10(6-9)13(14,15)16/h3-6,11H,2,8H2,1H3,(H,18,19). The number of halogens is 3. The minimum absolute atomic E-state index is 0.193. The van der Waals surface area contributed by atoms with E-state index in [9.17, 15) is 18.0 Å². The van der Waals surface area contributed by atoms with Gasteiger partial charge in [0.2, 0.25) is 0 Å². The van der Waals surface area contributed by atoms with Crippen LogP contribution in [0.1, 0.15) is 22.8 Å². The molecule has 1 aromatic carbocycles. The molecule has 1 amide bonds. The first-order chi connectivity index (χ1) is 9.88. The van der Waals surface area contributed by atoms with Gasteiger partial charge in [0, 0.05) is 5.56 Å². The van der Waals surface area contributed by atoms with Gasteiger partial charge in [0.05, 0.1) is 18.2 Å². The van der Waals surface area contributed by atoms with Crippen molar-refractivity contribution in [2.45, 2.75) is 19.1 Å². The van der Waals surface area contributed by atoms with Gasteiger partial charge in [-0.25, -0.2) is 9.78 Å². The zero-order valence-corrected chi connectivity index (χ0v) is 11.1. The van der Waals surface area contributed by atoms with Crippen LogP contribution in [0.2, 0.25) is 0 Å². The molecule has 0 aliphatic rings. The van der Waals surface area contributed by atoms with E-state index in [1.165, 1.54) is 6.07 Å². The molecule has 1 rings (SSSR count). The van der Waals surface area contributed by atoms with Crippen molar-refractivity contribution in [2.75, 3.05) is 13.2 Å². The van der Waals surface area contributed by atoms with Gasteiger partial charge in [-0.3, -0.25) is 4.79 Å². The lowest BCUT2D eigenvalue weighted by molar-refractivity contribution is -0.292. The maximum Gasteiger partial charge on any atom is 0.416 e. The Hall–Kier alpha value is -2.11. The van der Waals surface area contributed by atoms with E-state index in [2.05, 4.69) is 15.1 Å². The lowest BCUT2D eigenvalue weighted by Gasteiger charge is -2.12. The normalized spacial score (nSPS) is 12.5. The molecule has 0 saturated heterocycles. The molecule has 0 spiro atoms. The number of carbonyl (C=O) groups excluding carboxylic acids is 1. The van der Waals surface area contributed by atoms with Crippen LogP contribution in [0.3, 0.4) is 0 Å². The van der Waals surface area contributed by atoms with E-state index in [0.717, 1.165) is 12.1 Å². The van der Waals surface area contributed by atoms with Gasteiger partial charge in [-0.2, -0.15) is 18.4 Å². The van der Waals surface area contributed by atoms with Crippen molar-refractivity contribution in [2.24, 2.45) is 0 Å². The lowest BCUT2D eigenvalue weighted by Crippen LogP contribution is -2.37. The zero-order chi connectivity index (χ0) is 15.9. The third kappa shape index (κ3) is 5.41. The second-order valence-corrected chi connectivity index (χ2v) is 3.92. The van der Waals surface area contributed by atoms with Crippen LogP contribution in [-0.2, 0) is 16.0 Å². The molecular formula is C13H13F3N2O3. The number of hydrogen-bond donors (Lipinski definition) is 1. The molecule has 0 aliphatic carbocycles. The predicted octanol–water partition coefficient (Wildman–Crippen LogP) is 2.30. The zero-order valence-electron chi connectivity index (χ0n) is 11.1. The van der Waals surface area contributed by atoms with E-state index in [4.69, 9.17) is 5.26 Å². The first-order valence-corrected chi connectivity index (χ1v) is 6.00. The molecule has 0 aromatic heterocycles. The maximum atomic E-state index is 12.5. The molecule has 1 aromatic rings. The molecule has 0 saturated carbocycles. The van der Waals surface area contributed by atoms with Crippen LogP contribution in [0.4, 0.5) is 13.2 Å². The Bertz CT molecular complexity index is 526. The summed E-state index contributed by atoms with van der Waals surface area (Å²) in [6.45, 7) is 1.71. The molecule has 0 bridgehead atoms. The second kappa shape index (κ2) is 7.61. The number of amides is 1. The SMILES string of the molecule is CCOOCC(C#N)NC(=O)c1cccc(C(F)(F)F)c1. The summed E-state index contributed by atoms with van der Waals surface area (Å²) < 4.78 is 37.6. The summed E-state index contributed by atoms with van der Waals surface area (Å²) in [7, 11) is 0. The number of carbonyl (C=O) groups is 1. The third-order valence-electron chi connectivity index (χ3n) is 2.35.